The maximum Gasteiger partial charge on any atom is 0.328 e. The number of aliphatic carboxylic acids is 1. The number of carbonyl (C=O) groups excluding carboxylic acids is 1. The Bertz CT molecular complexity index is 567. The van der Waals surface area contributed by atoms with Gasteiger partial charge in [0.1, 0.15) is 11.4 Å². The quantitative estimate of drug-likeness (QED) is 0.463. The van der Waals surface area contributed by atoms with Crippen molar-refractivity contribution >= 4 is 23.3 Å². The first-order valence-corrected chi connectivity index (χ1v) is 5.57. The number of hydrogen-bond acceptors (Lipinski definition) is 5. The minimum Gasteiger partial charge on any atom is -0.494 e. The lowest BCUT2D eigenvalue weighted by Gasteiger charge is -2.06. The summed E-state index contributed by atoms with van der Waals surface area (Å²) in [6.45, 7) is 2.09. The third-order valence-electron chi connectivity index (χ3n) is 2.11. The number of rotatable bonds is 6. The summed E-state index contributed by atoms with van der Waals surface area (Å²) >= 11 is 0. The largest absolute Gasteiger partial charge is 0.494 e. The van der Waals surface area contributed by atoms with Crippen molar-refractivity contribution < 1.29 is 24.4 Å². The van der Waals surface area contributed by atoms with Gasteiger partial charge in [0, 0.05) is 12.2 Å². The van der Waals surface area contributed by atoms with Gasteiger partial charge >= 0.3 is 5.97 Å². The number of nitro benzene ring substituents is 1. The van der Waals surface area contributed by atoms with Crippen molar-refractivity contribution in [1.29, 1.82) is 0 Å². The number of ether oxygens (including phenoxy) is 1. The fourth-order valence-corrected chi connectivity index (χ4v) is 1.35. The van der Waals surface area contributed by atoms with Gasteiger partial charge in [0.2, 0.25) is 5.91 Å². The predicted octanol–water partition coefficient (Wildman–Crippen LogP) is 1.57. The van der Waals surface area contributed by atoms with Gasteiger partial charge in [0.15, 0.2) is 0 Å². The minimum atomic E-state index is -1.29. The molecule has 1 aromatic carbocycles. The third-order valence-corrected chi connectivity index (χ3v) is 2.11. The first-order valence-electron chi connectivity index (χ1n) is 5.57. The summed E-state index contributed by atoms with van der Waals surface area (Å²) in [6, 6.07) is 3.96. The normalized spacial score (nSPS) is 10.2. The van der Waals surface area contributed by atoms with Crippen molar-refractivity contribution in [2.75, 3.05) is 11.9 Å². The van der Waals surface area contributed by atoms with Crippen molar-refractivity contribution in [2.45, 2.75) is 6.92 Å². The first kappa shape index (κ1) is 15.2. The lowest BCUT2D eigenvalue weighted by molar-refractivity contribution is -0.384. The summed E-state index contributed by atoms with van der Waals surface area (Å²) in [5, 5.41) is 21.5. The van der Waals surface area contributed by atoms with Crippen molar-refractivity contribution in [3.8, 4) is 5.75 Å². The highest BCUT2D eigenvalue weighted by Gasteiger charge is 2.16. The van der Waals surface area contributed by atoms with Gasteiger partial charge < -0.3 is 15.2 Å². The Labute approximate surface area is 113 Å². The molecular formula is C12H12N2O6. The zero-order valence-corrected chi connectivity index (χ0v) is 10.5. The number of nitrogens with zero attached hydrogens (tertiary/aromatic N) is 1. The maximum absolute atomic E-state index is 11.4. The van der Waals surface area contributed by atoms with E-state index in [-0.39, 0.29) is 11.4 Å². The Hall–Kier alpha value is -2.90. The van der Waals surface area contributed by atoms with Crippen molar-refractivity contribution in [2.24, 2.45) is 0 Å². The molecule has 1 amide bonds. The molecule has 0 aliphatic heterocycles. The highest BCUT2D eigenvalue weighted by Crippen LogP contribution is 2.29. The number of anilines is 1. The Kier molecular flexibility index (Phi) is 5.21. The van der Waals surface area contributed by atoms with E-state index in [4.69, 9.17) is 9.84 Å². The highest BCUT2D eigenvalue weighted by atomic mass is 16.6. The van der Waals surface area contributed by atoms with E-state index in [1.54, 1.807) is 6.92 Å². The van der Waals surface area contributed by atoms with E-state index in [1.165, 1.54) is 18.2 Å². The second-order valence-electron chi connectivity index (χ2n) is 3.53. The summed E-state index contributed by atoms with van der Waals surface area (Å²) in [5.41, 5.74) is -0.383. The zero-order valence-electron chi connectivity index (χ0n) is 10.5. The molecule has 0 radical (unpaired) electrons. The van der Waals surface area contributed by atoms with Crippen LogP contribution in [0, 0.1) is 10.1 Å². The minimum absolute atomic E-state index is 0.0431. The molecule has 1 aromatic rings. The molecule has 0 aliphatic rings. The highest BCUT2D eigenvalue weighted by molar-refractivity contribution is 6.03. The van der Waals surface area contributed by atoms with E-state index >= 15 is 0 Å². The summed E-state index contributed by atoms with van der Waals surface area (Å²) in [7, 11) is 0. The molecule has 0 unspecified atom stereocenters. The molecule has 0 heterocycles. The molecular weight excluding hydrogens is 268 g/mol. The average Bonchev–Trinajstić information content (AvgIpc) is 2.38. The van der Waals surface area contributed by atoms with Gasteiger partial charge in [-0.05, 0) is 19.1 Å². The molecule has 0 bridgehead atoms. The molecule has 0 aliphatic carbocycles. The van der Waals surface area contributed by atoms with E-state index < -0.39 is 16.8 Å². The molecule has 0 saturated carbocycles. The molecule has 0 saturated heterocycles. The number of carboxylic acid groups (broad SMARTS) is 1. The maximum atomic E-state index is 11.4. The monoisotopic (exact) mass is 280 g/mol. The van der Waals surface area contributed by atoms with Crippen LogP contribution in [0.25, 0.3) is 0 Å². The smallest absolute Gasteiger partial charge is 0.328 e. The molecule has 1 rings (SSSR count). The number of hydrogen-bond donors (Lipinski definition) is 2. The molecule has 0 atom stereocenters. The van der Waals surface area contributed by atoms with E-state index in [0.29, 0.717) is 18.4 Å². The lowest BCUT2D eigenvalue weighted by atomic mass is 10.2. The van der Waals surface area contributed by atoms with Crippen LogP contribution in [0.5, 0.6) is 5.75 Å². The van der Waals surface area contributed by atoms with E-state index in [2.05, 4.69) is 5.32 Å². The Morgan fingerprint density at radius 2 is 2.15 bits per heavy atom. The van der Waals surface area contributed by atoms with Crippen LogP contribution in [0.3, 0.4) is 0 Å². The van der Waals surface area contributed by atoms with Gasteiger partial charge in [0.25, 0.3) is 5.69 Å². The van der Waals surface area contributed by atoms with Crippen LogP contribution in [-0.2, 0) is 9.59 Å². The van der Waals surface area contributed by atoms with Crippen LogP contribution in [0.2, 0.25) is 0 Å². The van der Waals surface area contributed by atoms with Crippen LogP contribution in [0.1, 0.15) is 6.92 Å². The number of carboxylic acids is 1. The Balaban J connectivity index is 2.97. The molecule has 0 spiro atoms. The third kappa shape index (κ3) is 4.41. The van der Waals surface area contributed by atoms with Crippen molar-refractivity contribution in [1.82, 2.24) is 0 Å². The van der Waals surface area contributed by atoms with E-state index in [0.717, 1.165) is 6.08 Å². The van der Waals surface area contributed by atoms with E-state index in [1.807, 2.05) is 0 Å². The van der Waals surface area contributed by atoms with Gasteiger partial charge in [-0.1, -0.05) is 0 Å². The number of nitro groups is 1. The van der Waals surface area contributed by atoms with Crippen LogP contribution >= 0.6 is 0 Å². The Morgan fingerprint density at radius 1 is 1.45 bits per heavy atom. The first-order chi connectivity index (χ1) is 9.43. The van der Waals surface area contributed by atoms with Crippen LogP contribution in [0.15, 0.2) is 30.4 Å². The summed E-state index contributed by atoms with van der Waals surface area (Å²) in [5.74, 6) is -1.76. The van der Waals surface area contributed by atoms with Gasteiger partial charge in [-0.3, -0.25) is 14.9 Å². The predicted molar refractivity (Wildman–Crippen MR) is 69.7 cm³/mol. The number of amides is 1. The molecule has 106 valence electrons. The summed E-state index contributed by atoms with van der Waals surface area (Å²) in [4.78, 5) is 31.9. The van der Waals surface area contributed by atoms with Gasteiger partial charge in [-0.15, -0.1) is 0 Å². The second-order valence-corrected chi connectivity index (χ2v) is 3.53. The van der Waals surface area contributed by atoms with Crippen LogP contribution < -0.4 is 10.1 Å². The molecule has 8 nitrogen and oxygen atoms in total. The number of benzene rings is 1. The van der Waals surface area contributed by atoms with Gasteiger partial charge in [-0.25, -0.2) is 4.79 Å². The zero-order chi connectivity index (χ0) is 15.1. The second kappa shape index (κ2) is 6.88. The van der Waals surface area contributed by atoms with Crippen molar-refractivity contribution in [3.05, 3.63) is 40.5 Å². The van der Waals surface area contributed by atoms with Gasteiger partial charge in [-0.2, -0.15) is 0 Å². The standard InChI is InChI=1S/C12H12N2O6/c1-2-20-8-3-4-9(10(7-8)14(18)19)13-11(15)5-6-12(16)17/h3-7H,2H2,1H3,(H,13,15)(H,16,17)/b6-5+. The summed E-state index contributed by atoms with van der Waals surface area (Å²) in [6.07, 6.45) is 1.40. The number of carbonyl (C=O) groups is 2. The van der Waals surface area contributed by atoms with Crippen molar-refractivity contribution in [3.63, 3.8) is 0 Å². The SMILES string of the molecule is CCOc1ccc(NC(=O)/C=C/C(=O)O)c([N+](=O)[O-])c1. The van der Waals surface area contributed by atoms with Gasteiger partial charge in [0.05, 0.1) is 17.6 Å². The molecule has 8 heteroatoms. The molecule has 2 N–H and O–H groups in total. The van der Waals surface area contributed by atoms with E-state index in [9.17, 15) is 19.7 Å². The summed E-state index contributed by atoms with van der Waals surface area (Å²) < 4.78 is 5.13. The Morgan fingerprint density at radius 3 is 2.70 bits per heavy atom. The topological polar surface area (TPSA) is 119 Å². The lowest BCUT2D eigenvalue weighted by Crippen LogP contribution is -2.10. The fraction of sp³-hybridized carbons (Fsp3) is 0.167. The number of nitrogens with one attached hydrogen (secondary N) is 1. The molecule has 0 aromatic heterocycles. The molecule has 0 fully saturated rings. The average molecular weight is 280 g/mol. The molecule has 20 heavy (non-hydrogen) atoms. The van der Waals surface area contributed by atoms with Crippen LogP contribution in [-0.4, -0.2) is 28.5 Å². The van der Waals surface area contributed by atoms with Crippen LogP contribution in [0.4, 0.5) is 11.4 Å². The fourth-order valence-electron chi connectivity index (χ4n) is 1.35.